The third-order valence-corrected chi connectivity index (χ3v) is 4.33. The maximum absolute atomic E-state index is 11.5. The van der Waals surface area contributed by atoms with Gasteiger partial charge in [-0.1, -0.05) is 78.6 Å². The molecule has 0 saturated carbocycles. The second-order valence-corrected chi connectivity index (χ2v) is 6.27. The Morgan fingerprint density at radius 2 is 1.35 bits per heavy atom. The summed E-state index contributed by atoms with van der Waals surface area (Å²) < 4.78 is 5.18. The predicted molar refractivity (Wildman–Crippen MR) is 99.0 cm³/mol. The third kappa shape index (κ3) is 15.9. The lowest BCUT2D eigenvalue weighted by atomic mass is 10.1. The first-order valence-electron chi connectivity index (χ1n) is 9.87. The second-order valence-electron chi connectivity index (χ2n) is 6.27. The molecule has 0 heterocycles. The van der Waals surface area contributed by atoms with E-state index in [4.69, 9.17) is 4.74 Å². The standard InChI is InChI=1S/C19H40N2O2/c1-4-7-8-9-10-11-12-13-14-15-16-20-19(22)23-18-17-21(5-2)6-3/h4-18H2,1-3H3,(H,20,22). The van der Waals surface area contributed by atoms with E-state index in [2.05, 4.69) is 31.0 Å². The van der Waals surface area contributed by atoms with E-state index in [1.807, 2.05) is 0 Å². The second kappa shape index (κ2) is 17.6. The number of likely N-dealkylation sites (N-methyl/N-ethyl adjacent to an activating group) is 1. The molecule has 0 aromatic heterocycles. The summed E-state index contributed by atoms with van der Waals surface area (Å²) in [7, 11) is 0. The first-order chi connectivity index (χ1) is 11.2. The van der Waals surface area contributed by atoms with Gasteiger partial charge in [-0.3, -0.25) is 0 Å². The van der Waals surface area contributed by atoms with Crippen molar-refractivity contribution in [1.82, 2.24) is 10.2 Å². The van der Waals surface area contributed by atoms with E-state index in [1.54, 1.807) is 0 Å². The van der Waals surface area contributed by atoms with Crippen LogP contribution in [0.2, 0.25) is 0 Å². The van der Waals surface area contributed by atoms with Crippen LogP contribution in [0.3, 0.4) is 0 Å². The van der Waals surface area contributed by atoms with Crippen molar-refractivity contribution in [3.63, 3.8) is 0 Å². The molecule has 0 aliphatic rings. The fraction of sp³-hybridized carbons (Fsp3) is 0.947. The highest BCUT2D eigenvalue weighted by molar-refractivity contribution is 5.66. The van der Waals surface area contributed by atoms with Crippen molar-refractivity contribution in [2.45, 2.75) is 85.0 Å². The van der Waals surface area contributed by atoms with Crippen LogP contribution >= 0.6 is 0 Å². The van der Waals surface area contributed by atoms with Crippen LogP contribution in [0.4, 0.5) is 4.79 Å². The minimum atomic E-state index is -0.270. The summed E-state index contributed by atoms with van der Waals surface area (Å²) in [5.74, 6) is 0. The highest BCUT2D eigenvalue weighted by Crippen LogP contribution is 2.10. The normalized spacial score (nSPS) is 11.0. The lowest BCUT2D eigenvalue weighted by Gasteiger charge is -2.17. The molecule has 0 unspecified atom stereocenters. The molecular formula is C19H40N2O2. The number of nitrogens with one attached hydrogen (secondary N) is 1. The van der Waals surface area contributed by atoms with Crippen LogP contribution in [0.5, 0.6) is 0 Å². The van der Waals surface area contributed by atoms with Crippen LogP contribution in [0, 0.1) is 0 Å². The Labute approximate surface area is 144 Å². The smallest absolute Gasteiger partial charge is 0.407 e. The van der Waals surface area contributed by atoms with Crippen LogP contribution in [0.25, 0.3) is 0 Å². The van der Waals surface area contributed by atoms with Crippen LogP contribution in [-0.2, 0) is 4.74 Å². The van der Waals surface area contributed by atoms with Crippen molar-refractivity contribution in [3.05, 3.63) is 0 Å². The summed E-state index contributed by atoms with van der Waals surface area (Å²) in [6.07, 6.45) is 12.9. The zero-order valence-electron chi connectivity index (χ0n) is 15.9. The minimum Gasteiger partial charge on any atom is -0.448 e. The zero-order chi connectivity index (χ0) is 17.2. The lowest BCUT2D eigenvalue weighted by Crippen LogP contribution is -2.31. The van der Waals surface area contributed by atoms with Gasteiger partial charge in [0, 0.05) is 13.1 Å². The molecule has 0 saturated heterocycles. The molecule has 0 aliphatic heterocycles. The maximum Gasteiger partial charge on any atom is 0.407 e. The molecule has 0 aromatic rings. The number of hydrogen-bond acceptors (Lipinski definition) is 3. The van der Waals surface area contributed by atoms with Gasteiger partial charge in [-0.2, -0.15) is 0 Å². The summed E-state index contributed by atoms with van der Waals surface area (Å²) in [5.41, 5.74) is 0. The molecule has 23 heavy (non-hydrogen) atoms. The topological polar surface area (TPSA) is 41.6 Å². The van der Waals surface area contributed by atoms with E-state index >= 15 is 0 Å². The Balaban J connectivity index is 3.23. The van der Waals surface area contributed by atoms with Crippen LogP contribution in [0.1, 0.15) is 85.0 Å². The molecule has 0 rings (SSSR count). The van der Waals surface area contributed by atoms with Gasteiger partial charge < -0.3 is 15.0 Å². The molecule has 1 amide bonds. The summed E-state index contributed by atoms with van der Waals surface area (Å²) in [6.45, 7) is 10.5. The van der Waals surface area contributed by atoms with Crippen molar-refractivity contribution in [2.24, 2.45) is 0 Å². The Bertz CT molecular complexity index is 256. The SMILES string of the molecule is CCCCCCCCCCCCNC(=O)OCCN(CC)CC. The average molecular weight is 329 g/mol. The maximum atomic E-state index is 11.5. The summed E-state index contributed by atoms with van der Waals surface area (Å²) in [4.78, 5) is 13.8. The summed E-state index contributed by atoms with van der Waals surface area (Å²) in [6, 6.07) is 0. The van der Waals surface area contributed by atoms with E-state index in [0.29, 0.717) is 6.61 Å². The highest BCUT2D eigenvalue weighted by atomic mass is 16.5. The van der Waals surface area contributed by atoms with Gasteiger partial charge in [-0.05, 0) is 19.5 Å². The quantitative estimate of drug-likeness (QED) is 0.406. The molecule has 0 aromatic carbocycles. The highest BCUT2D eigenvalue weighted by Gasteiger charge is 2.03. The number of ether oxygens (including phenoxy) is 1. The zero-order valence-corrected chi connectivity index (χ0v) is 15.9. The molecule has 0 aliphatic carbocycles. The van der Waals surface area contributed by atoms with Crippen molar-refractivity contribution in [1.29, 1.82) is 0 Å². The van der Waals surface area contributed by atoms with Gasteiger partial charge in [0.1, 0.15) is 6.61 Å². The number of hydrogen-bond donors (Lipinski definition) is 1. The van der Waals surface area contributed by atoms with Crippen LogP contribution in [-0.4, -0.2) is 43.8 Å². The Hall–Kier alpha value is -0.770. The number of alkyl carbamates (subject to hydrolysis) is 1. The Morgan fingerprint density at radius 1 is 0.826 bits per heavy atom. The van der Waals surface area contributed by atoms with Crippen molar-refractivity contribution >= 4 is 6.09 Å². The molecule has 0 atom stereocenters. The molecule has 0 spiro atoms. The fourth-order valence-corrected chi connectivity index (χ4v) is 2.66. The number of unbranched alkanes of at least 4 members (excludes halogenated alkanes) is 9. The molecule has 4 nitrogen and oxygen atoms in total. The van der Waals surface area contributed by atoms with Gasteiger partial charge in [-0.15, -0.1) is 0 Å². The molecular weight excluding hydrogens is 288 g/mol. The number of rotatable bonds is 16. The number of carbonyl (C=O) groups excluding carboxylic acids is 1. The Morgan fingerprint density at radius 3 is 1.87 bits per heavy atom. The summed E-state index contributed by atoms with van der Waals surface area (Å²) >= 11 is 0. The number of amides is 1. The van der Waals surface area contributed by atoms with Crippen LogP contribution in [0.15, 0.2) is 0 Å². The van der Waals surface area contributed by atoms with Gasteiger partial charge in [-0.25, -0.2) is 4.79 Å². The van der Waals surface area contributed by atoms with Gasteiger partial charge in [0.2, 0.25) is 0 Å². The predicted octanol–water partition coefficient (Wildman–Crippen LogP) is 4.98. The van der Waals surface area contributed by atoms with Gasteiger partial charge in [0.15, 0.2) is 0 Å². The largest absolute Gasteiger partial charge is 0.448 e. The number of carbonyl (C=O) groups is 1. The van der Waals surface area contributed by atoms with E-state index in [9.17, 15) is 4.79 Å². The molecule has 138 valence electrons. The fourth-order valence-electron chi connectivity index (χ4n) is 2.66. The molecule has 0 bridgehead atoms. The molecule has 0 fully saturated rings. The van der Waals surface area contributed by atoms with E-state index < -0.39 is 0 Å². The first-order valence-corrected chi connectivity index (χ1v) is 9.87. The Kier molecular flexibility index (Phi) is 17.0. The lowest BCUT2D eigenvalue weighted by molar-refractivity contribution is 0.129. The van der Waals surface area contributed by atoms with E-state index in [-0.39, 0.29) is 6.09 Å². The van der Waals surface area contributed by atoms with Crippen molar-refractivity contribution in [2.75, 3.05) is 32.8 Å². The van der Waals surface area contributed by atoms with Gasteiger partial charge >= 0.3 is 6.09 Å². The van der Waals surface area contributed by atoms with Gasteiger partial charge in [0.25, 0.3) is 0 Å². The third-order valence-electron chi connectivity index (χ3n) is 4.33. The molecule has 4 heteroatoms. The van der Waals surface area contributed by atoms with E-state index in [0.717, 1.165) is 32.6 Å². The summed E-state index contributed by atoms with van der Waals surface area (Å²) in [5, 5.41) is 2.84. The monoisotopic (exact) mass is 328 g/mol. The average Bonchev–Trinajstić information content (AvgIpc) is 2.56. The number of nitrogens with zero attached hydrogens (tertiary/aromatic N) is 1. The van der Waals surface area contributed by atoms with Crippen molar-refractivity contribution in [3.8, 4) is 0 Å². The minimum absolute atomic E-state index is 0.270. The van der Waals surface area contributed by atoms with Crippen LogP contribution < -0.4 is 5.32 Å². The van der Waals surface area contributed by atoms with Gasteiger partial charge in [0.05, 0.1) is 0 Å². The molecule has 1 N–H and O–H groups in total. The first kappa shape index (κ1) is 22.2. The van der Waals surface area contributed by atoms with E-state index in [1.165, 1.54) is 57.8 Å². The van der Waals surface area contributed by atoms with Crippen molar-refractivity contribution < 1.29 is 9.53 Å². The molecule has 0 radical (unpaired) electrons.